The minimum absolute atomic E-state index is 0.175. The molecule has 1 amide bonds. The Hall–Kier alpha value is -2.48. The maximum Gasteiger partial charge on any atom is 0.256 e. The fraction of sp³-hybridized carbons (Fsp3) is 0.471. The van der Waals surface area contributed by atoms with Gasteiger partial charge in [0.15, 0.2) is 0 Å². The van der Waals surface area contributed by atoms with Crippen LogP contribution in [0.15, 0.2) is 30.7 Å². The summed E-state index contributed by atoms with van der Waals surface area (Å²) in [5.41, 5.74) is -0.524. The largest absolute Gasteiger partial charge is 0.386 e. The van der Waals surface area contributed by atoms with Crippen molar-refractivity contribution in [2.75, 3.05) is 31.6 Å². The van der Waals surface area contributed by atoms with Gasteiger partial charge in [0, 0.05) is 32.9 Å². The Labute approximate surface area is 145 Å². The van der Waals surface area contributed by atoms with Crippen molar-refractivity contribution in [3.05, 3.63) is 42.1 Å². The van der Waals surface area contributed by atoms with Crippen LogP contribution in [0, 0.1) is 5.82 Å². The van der Waals surface area contributed by atoms with Crippen molar-refractivity contribution in [3.8, 4) is 0 Å². The minimum atomic E-state index is -1.03. The molecule has 3 rings (SSSR count). The fourth-order valence-corrected chi connectivity index (χ4v) is 3.12. The zero-order chi connectivity index (χ0) is 18.0. The van der Waals surface area contributed by atoms with E-state index in [0.717, 1.165) is 6.20 Å². The van der Waals surface area contributed by atoms with Crippen LogP contribution in [-0.2, 0) is 6.54 Å². The number of nitrogens with zero attached hydrogens (tertiary/aromatic N) is 5. The highest BCUT2D eigenvalue weighted by Gasteiger charge is 2.38. The van der Waals surface area contributed by atoms with Crippen LogP contribution in [0.1, 0.15) is 23.7 Å². The van der Waals surface area contributed by atoms with Crippen LogP contribution in [0.2, 0.25) is 0 Å². The molecule has 0 aromatic carbocycles. The number of carbonyl (C=O) groups is 1. The van der Waals surface area contributed by atoms with Gasteiger partial charge >= 0.3 is 0 Å². The maximum absolute atomic E-state index is 13.0. The van der Waals surface area contributed by atoms with Crippen LogP contribution in [0.4, 0.5) is 10.2 Å². The average molecular weight is 347 g/mol. The SMILES string of the molecule is CCn1cc(C(=O)N(C)CC2(O)CCN(c3ccc(F)cn3)C2)cn1. The number of pyridine rings is 1. The van der Waals surface area contributed by atoms with Crippen molar-refractivity contribution < 1.29 is 14.3 Å². The van der Waals surface area contributed by atoms with E-state index in [1.807, 2.05) is 11.8 Å². The summed E-state index contributed by atoms with van der Waals surface area (Å²) >= 11 is 0. The molecule has 8 heteroatoms. The summed E-state index contributed by atoms with van der Waals surface area (Å²) in [5, 5.41) is 14.9. The lowest BCUT2D eigenvalue weighted by Gasteiger charge is -2.29. The van der Waals surface area contributed by atoms with Gasteiger partial charge in [-0.2, -0.15) is 5.10 Å². The monoisotopic (exact) mass is 347 g/mol. The first-order chi connectivity index (χ1) is 11.9. The Morgan fingerprint density at radius 1 is 1.44 bits per heavy atom. The second-order valence-corrected chi connectivity index (χ2v) is 6.48. The number of rotatable bonds is 5. The summed E-state index contributed by atoms with van der Waals surface area (Å²) in [6.07, 6.45) is 4.91. The first-order valence-corrected chi connectivity index (χ1v) is 8.27. The number of amides is 1. The number of aromatic nitrogens is 3. The van der Waals surface area contributed by atoms with Gasteiger partial charge in [0.2, 0.25) is 0 Å². The first kappa shape index (κ1) is 17.3. The third kappa shape index (κ3) is 3.79. The molecule has 3 heterocycles. The van der Waals surface area contributed by atoms with E-state index in [2.05, 4.69) is 10.1 Å². The Bertz CT molecular complexity index is 748. The van der Waals surface area contributed by atoms with E-state index in [1.165, 1.54) is 17.2 Å². The lowest BCUT2D eigenvalue weighted by atomic mass is 10.0. The summed E-state index contributed by atoms with van der Waals surface area (Å²) in [6.45, 7) is 3.80. The first-order valence-electron chi connectivity index (χ1n) is 8.27. The zero-order valence-corrected chi connectivity index (χ0v) is 14.4. The standard InChI is InChI=1S/C17H22FN5O2/c1-3-23-10-13(8-20-23)16(24)21(2)11-17(25)6-7-22(12-17)15-5-4-14(18)9-19-15/h4-5,8-10,25H,3,6-7,11-12H2,1-2H3. The number of β-amino-alcohol motifs (C(OH)–C–C–N with tert-alkyl or cyclic N) is 1. The van der Waals surface area contributed by atoms with Crippen LogP contribution in [0.25, 0.3) is 0 Å². The summed E-state index contributed by atoms with van der Waals surface area (Å²) in [7, 11) is 1.67. The molecule has 0 bridgehead atoms. The molecular weight excluding hydrogens is 325 g/mol. The van der Waals surface area contributed by atoms with E-state index in [4.69, 9.17) is 0 Å². The second-order valence-electron chi connectivity index (χ2n) is 6.48. The molecule has 2 aromatic rings. The van der Waals surface area contributed by atoms with Gasteiger partial charge in [0.05, 0.1) is 24.5 Å². The molecule has 1 aliphatic rings. The van der Waals surface area contributed by atoms with Gasteiger partial charge in [-0.1, -0.05) is 0 Å². The van der Waals surface area contributed by atoms with Crippen LogP contribution in [0.5, 0.6) is 0 Å². The van der Waals surface area contributed by atoms with Gasteiger partial charge in [0.25, 0.3) is 5.91 Å². The van der Waals surface area contributed by atoms with E-state index >= 15 is 0 Å². The van der Waals surface area contributed by atoms with Crippen molar-refractivity contribution in [3.63, 3.8) is 0 Å². The lowest BCUT2D eigenvalue weighted by molar-refractivity contribution is 0.0264. The predicted octanol–water partition coefficient (Wildman–Crippen LogP) is 1.15. The second kappa shape index (κ2) is 6.79. The van der Waals surface area contributed by atoms with E-state index in [-0.39, 0.29) is 12.5 Å². The third-order valence-corrected chi connectivity index (χ3v) is 4.45. The number of hydrogen-bond acceptors (Lipinski definition) is 5. The number of halogens is 1. The van der Waals surface area contributed by atoms with Crippen molar-refractivity contribution in [2.45, 2.75) is 25.5 Å². The molecule has 2 aromatic heterocycles. The Morgan fingerprint density at radius 3 is 2.88 bits per heavy atom. The number of anilines is 1. The molecule has 1 atom stereocenters. The molecule has 0 spiro atoms. The van der Waals surface area contributed by atoms with Crippen LogP contribution < -0.4 is 4.90 Å². The maximum atomic E-state index is 13.0. The van der Waals surface area contributed by atoms with E-state index in [1.54, 1.807) is 24.0 Å². The summed E-state index contributed by atoms with van der Waals surface area (Å²) in [4.78, 5) is 19.9. The van der Waals surface area contributed by atoms with Crippen molar-refractivity contribution in [1.29, 1.82) is 0 Å². The van der Waals surface area contributed by atoms with E-state index in [9.17, 15) is 14.3 Å². The Kier molecular flexibility index (Phi) is 4.71. The van der Waals surface area contributed by atoms with E-state index < -0.39 is 11.4 Å². The smallest absolute Gasteiger partial charge is 0.256 e. The van der Waals surface area contributed by atoms with Crippen molar-refractivity contribution in [1.82, 2.24) is 19.7 Å². The number of carbonyl (C=O) groups excluding carboxylic acids is 1. The highest BCUT2D eigenvalue weighted by atomic mass is 19.1. The molecule has 0 saturated carbocycles. The molecule has 25 heavy (non-hydrogen) atoms. The Morgan fingerprint density at radius 2 is 2.24 bits per heavy atom. The highest BCUT2D eigenvalue weighted by Crippen LogP contribution is 2.26. The number of likely N-dealkylation sites (N-methyl/N-ethyl adjacent to an activating group) is 1. The summed E-state index contributed by atoms with van der Waals surface area (Å²) in [5.74, 6) is 0.0539. The van der Waals surface area contributed by atoms with Gasteiger partial charge in [-0.25, -0.2) is 9.37 Å². The molecule has 1 N–H and O–H groups in total. The van der Waals surface area contributed by atoms with E-state index in [0.29, 0.717) is 37.4 Å². The summed E-state index contributed by atoms with van der Waals surface area (Å²) in [6, 6.07) is 2.94. The van der Waals surface area contributed by atoms with Crippen LogP contribution >= 0.6 is 0 Å². The molecule has 134 valence electrons. The molecule has 1 saturated heterocycles. The Balaban J connectivity index is 1.63. The molecule has 7 nitrogen and oxygen atoms in total. The molecule has 1 fully saturated rings. The van der Waals surface area contributed by atoms with Gasteiger partial charge in [-0.05, 0) is 25.5 Å². The quantitative estimate of drug-likeness (QED) is 0.878. The van der Waals surface area contributed by atoms with Crippen molar-refractivity contribution >= 4 is 11.7 Å². The third-order valence-electron chi connectivity index (χ3n) is 4.45. The number of aliphatic hydroxyl groups is 1. The van der Waals surface area contributed by atoms with Gasteiger partial charge in [-0.3, -0.25) is 9.48 Å². The molecule has 1 unspecified atom stereocenters. The van der Waals surface area contributed by atoms with Crippen molar-refractivity contribution in [2.24, 2.45) is 0 Å². The summed E-state index contributed by atoms with van der Waals surface area (Å²) < 4.78 is 14.7. The van der Waals surface area contributed by atoms with Gasteiger partial charge in [0.1, 0.15) is 17.2 Å². The number of hydrogen-bond donors (Lipinski definition) is 1. The molecule has 0 radical (unpaired) electrons. The van der Waals surface area contributed by atoms with Crippen LogP contribution in [-0.4, -0.2) is 63.0 Å². The molecule has 0 aliphatic carbocycles. The lowest BCUT2D eigenvalue weighted by Crippen LogP contribution is -2.45. The number of aryl methyl sites for hydroxylation is 1. The predicted molar refractivity (Wildman–Crippen MR) is 90.8 cm³/mol. The van der Waals surface area contributed by atoms with Gasteiger partial charge < -0.3 is 14.9 Å². The fourth-order valence-electron chi connectivity index (χ4n) is 3.12. The van der Waals surface area contributed by atoms with Gasteiger partial charge in [-0.15, -0.1) is 0 Å². The van der Waals surface area contributed by atoms with Crippen LogP contribution in [0.3, 0.4) is 0 Å². The normalized spacial score (nSPS) is 20.1. The molecular formula is C17H22FN5O2. The minimum Gasteiger partial charge on any atom is -0.386 e. The topological polar surface area (TPSA) is 74.5 Å². The molecule has 1 aliphatic heterocycles. The highest BCUT2D eigenvalue weighted by molar-refractivity contribution is 5.93. The average Bonchev–Trinajstić information content (AvgIpc) is 3.22. The zero-order valence-electron chi connectivity index (χ0n) is 14.4.